The number of nitrogens with zero attached hydrogens (tertiary/aromatic N) is 2. The number of amides is 2. The summed E-state index contributed by atoms with van der Waals surface area (Å²) in [5.74, 6) is 0.721. The molecule has 1 fully saturated rings. The molecule has 150 valence electrons. The zero-order chi connectivity index (χ0) is 19.9. The number of ether oxygens (including phenoxy) is 1. The Labute approximate surface area is 170 Å². The summed E-state index contributed by atoms with van der Waals surface area (Å²) in [7, 11) is 0. The second-order valence-corrected chi connectivity index (χ2v) is 7.16. The predicted octanol–water partition coefficient (Wildman–Crippen LogP) is 4.43. The van der Waals surface area contributed by atoms with Crippen molar-refractivity contribution in [3.8, 4) is 5.75 Å². The monoisotopic (exact) mass is 390 g/mol. The van der Waals surface area contributed by atoms with Crippen LogP contribution in [-0.4, -0.2) is 37.3 Å². The van der Waals surface area contributed by atoms with Crippen LogP contribution >= 0.6 is 0 Å². The van der Waals surface area contributed by atoms with Gasteiger partial charge in [0.25, 0.3) is 0 Å². The van der Waals surface area contributed by atoms with E-state index in [1.165, 1.54) is 24.9 Å². The lowest BCUT2D eigenvalue weighted by Gasteiger charge is -2.28. The number of aromatic nitrogens is 1. The fourth-order valence-corrected chi connectivity index (χ4v) is 3.60. The van der Waals surface area contributed by atoms with E-state index in [0.29, 0.717) is 13.2 Å². The first kappa shape index (κ1) is 19.1. The number of carbonyl (C=O) groups excluding carboxylic acids is 1. The number of para-hydroxylation sites is 1. The Bertz CT molecular complexity index is 947. The molecule has 1 aliphatic heterocycles. The largest absolute Gasteiger partial charge is 0.489 e. The molecule has 0 unspecified atom stereocenters. The van der Waals surface area contributed by atoms with Crippen molar-refractivity contribution < 1.29 is 9.53 Å². The van der Waals surface area contributed by atoms with Crippen LogP contribution in [0.3, 0.4) is 0 Å². The Hall–Kier alpha value is -3.28. The van der Waals surface area contributed by atoms with Crippen molar-refractivity contribution >= 4 is 28.3 Å². The standard InChI is InChI=1S/C23H26N4O2/c28-23(26-19-9-11-20(12-10-19)27-15-2-1-3-16-27)25-14-17-29-21-8-4-6-18-7-5-13-24-22(18)21/h4-13H,1-3,14-17H2,(H2,25,26,28). The average molecular weight is 390 g/mol. The topological polar surface area (TPSA) is 66.5 Å². The van der Waals surface area contributed by atoms with Crippen LogP contribution in [0, 0.1) is 0 Å². The normalized spacial score (nSPS) is 13.9. The van der Waals surface area contributed by atoms with Crippen molar-refractivity contribution in [1.82, 2.24) is 10.3 Å². The Morgan fingerprint density at radius 1 is 1.00 bits per heavy atom. The summed E-state index contributed by atoms with van der Waals surface area (Å²) in [6.45, 7) is 3.00. The summed E-state index contributed by atoms with van der Waals surface area (Å²) >= 11 is 0. The van der Waals surface area contributed by atoms with Crippen LogP contribution in [0.25, 0.3) is 10.9 Å². The van der Waals surface area contributed by atoms with E-state index in [9.17, 15) is 4.79 Å². The van der Waals surface area contributed by atoms with Crippen molar-refractivity contribution in [1.29, 1.82) is 0 Å². The molecule has 2 amide bonds. The van der Waals surface area contributed by atoms with Crippen LogP contribution in [0.4, 0.5) is 16.2 Å². The number of anilines is 2. The molecule has 4 rings (SSSR count). The Kier molecular flexibility index (Phi) is 6.10. The first-order valence-corrected chi connectivity index (χ1v) is 10.2. The quantitative estimate of drug-likeness (QED) is 0.611. The van der Waals surface area contributed by atoms with Crippen molar-refractivity contribution in [2.45, 2.75) is 19.3 Å². The van der Waals surface area contributed by atoms with Crippen LogP contribution in [-0.2, 0) is 0 Å². The van der Waals surface area contributed by atoms with Gasteiger partial charge in [-0.3, -0.25) is 4.98 Å². The molecule has 0 radical (unpaired) electrons. The molecule has 0 spiro atoms. The maximum atomic E-state index is 12.1. The molecule has 2 N–H and O–H groups in total. The van der Waals surface area contributed by atoms with E-state index in [2.05, 4.69) is 32.7 Å². The summed E-state index contributed by atoms with van der Waals surface area (Å²) in [6.07, 6.45) is 5.56. The van der Waals surface area contributed by atoms with Crippen LogP contribution in [0.2, 0.25) is 0 Å². The van der Waals surface area contributed by atoms with E-state index >= 15 is 0 Å². The number of benzene rings is 2. The van der Waals surface area contributed by atoms with E-state index < -0.39 is 0 Å². The van der Waals surface area contributed by atoms with E-state index in [1.54, 1.807) is 6.20 Å². The van der Waals surface area contributed by atoms with Gasteiger partial charge in [0.1, 0.15) is 17.9 Å². The molecular weight excluding hydrogens is 364 g/mol. The fourth-order valence-electron chi connectivity index (χ4n) is 3.60. The van der Waals surface area contributed by atoms with Gasteiger partial charge in [-0.1, -0.05) is 18.2 Å². The van der Waals surface area contributed by atoms with E-state index in [4.69, 9.17) is 4.74 Å². The van der Waals surface area contributed by atoms with Gasteiger partial charge >= 0.3 is 6.03 Å². The van der Waals surface area contributed by atoms with Crippen LogP contribution in [0.1, 0.15) is 19.3 Å². The number of hydrogen-bond donors (Lipinski definition) is 2. The molecule has 1 aromatic heterocycles. The molecule has 0 bridgehead atoms. The third-order valence-corrected chi connectivity index (χ3v) is 5.09. The molecule has 0 aliphatic carbocycles. The Morgan fingerprint density at radius 3 is 2.62 bits per heavy atom. The smallest absolute Gasteiger partial charge is 0.319 e. The summed E-state index contributed by atoms with van der Waals surface area (Å²) in [4.78, 5) is 18.9. The average Bonchev–Trinajstić information content (AvgIpc) is 2.78. The SMILES string of the molecule is O=C(NCCOc1cccc2cccnc12)Nc1ccc(N2CCCCC2)cc1. The lowest BCUT2D eigenvalue weighted by Crippen LogP contribution is -2.32. The number of pyridine rings is 1. The summed E-state index contributed by atoms with van der Waals surface area (Å²) in [5, 5.41) is 6.72. The molecule has 1 saturated heterocycles. The summed E-state index contributed by atoms with van der Waals surface area (Å²) < 4.78 is 5.79. The van der Waals surface area contributed by atoms with E-state index in [1.807, 2.05) is 42.5 Å². The van der Waals surface area contributed by atoms with E-state index in [-0.39, 0.29) is 6.03 Å². The predicted molar refractivity (Wildman–Crippen MR) is 117 cm³/mol. The number of hydrogen-bond acceptors (Lipinski definition) is 4. The molecule has 2 aromatic carbocycles. The fraction of sp³-hybridized carbons (Fsp3) is 0.304. The maximum Gasteiger partial charge on any atom is 0.319 e. The second kappa shape index (κ2) is 9.28. The maximum absolute atomic E-state index is 12.1. The molecule has 6 nitrogen and oxygen atoms in total. The minimum atomic E-state index is -0.240. The Balaban J connectivity index is 1.23. The van der Waals surface area contributed by atoms with Crippen molar-refractivity contribution in [3.05, 3.63) is 60.8 Å². The third kappa shape index (κ3) is 4.96. The highest BCUT2D eigenvalue weighted by molar-refractivity contribution is 5.89. The van der Waals surface area contributed by atoms with Gasteiger partial charge < -0.3 is 20.3 Å². The van der Waals surface area contributed by atoms with Gasteiger partial charge in [0.05, 0.1) is 6.54 Å². The zero-order valence-corrected chi connectivity index (χ0v) is 16.4. The lowest BCUT2D eigenvalue weighted by molar-refractivity contribution is 0.247. The molecule has 29 heavy (non-hydrogen) atoms. The molecular formula is C23H26N4O2. The van der Waals surface area contributed by atoms with Crippen molar-refractivity contribution in [2.24, 2.45) is 0 Å². The van der Waals surface area contributed by atoms with E-state index in [0.717, 1.165) is 35.4 Å². The Morgan fingerprint density at radius 2 is 1.79 bits per heavy atom. The third-order valence-electron chi connectivity index (χ3n) is 5.09. The number of urea groups is 1. The van der Waals surface area contributed by atoms with Gasteiger partial charge in [-0.2, -0.15) is 0 Å². The number of piperidine rings is 1. The highest BCUT2D eigenvalue weighted by Crippen LogP contribution is 2.23. The van der Waals surface area contributed by atoms with Gasteiger partial charge in [0.2, 0.25) is 0 Å². The first-order chi connectivity index (χ1) is 14.3. The second-order valence-electron chi connectivity index (χ2n) is 7.16. The molecule has 1 aliphatic rings. The number of fused-ring (bicyclic) bond motifs is 1. The van der Waals surface area contributed by atoms with Crippen LogP contribution in [0.15, 0.2) is 60.8 Å². The zero-order valence-electron chi connectivity index (χ0n) is 16.4. The minimum Gasteiger partial charge on any atom is -0.489 e. The van der Waals surface area contributed by atoms with Gasteiger partial charge in [-0.25, -0.2) is 4.79 Å². The highest BCUT2D eigenvalue weighted by atomic mass is 16.5. The molecule has 2 heterocycles. The van der Waals surface area contributed by atoms with Crippen molar-refractivity contribution in [3.63, 3.8) is 0 Å². The van der Waals surface area contributed by atoms with Crippen molar-refractivity contribution in [2.75, 3.05) is 36.5 Å². The number of carbonyl (C=O) groups is 1. The molecule has 0 saturated carbocycles. The summed E-state index contributed by atoms with van der Waals surface area (Å²) in [6, 6.07) is 17.5. The van der Waals surface area contributed by atoms with Gasteiger partial charge in [-0.15, -0.1) is 0 Å². The molecule has 6 heteroatoms. The van der Waals surface area contributed by atoms with Gasteiger partial charge in [-0.05, 0) is 55.7 Å². The highest BCUT2D eigenvalue weighted by Gasteiger charge is 2.11. The number of rotatable bonds is 6. The first-order valence-electron chi connectivity index (χ1n) is 10.2. The van der Waals surface area contributed by atoms with Gasteiger partial charge in [0, 0.05) is 36.0 Å². The minimum absolute atomic E-state index is 0.240. The van der Waals surface area contributed by atoms with Gasteiger partial charge in [0.15, 0.2) is 0 Å². The van der Waals surface area contributed by atoms with Crippen LogP contribution in [0.5, 0.6) is 5.75 Å². The molecule has 0 atom stereocenters. The molecule has 3 aromatic rings. The summed E-state index contributed by atoms with van der Waals surface area (Å²) in [5.41, 5.74) is 2.82. The van der Waals surface area contributed by atoms with Crippen LogP contribution < -0.4 is 20.3 Å². The lowest BCUT2D eigenvalue weighted by atomic mass is 10.1. The number of nitrogens with one attached hydrogen (secondary N) is 2.